The zero-order valence-corrected chi connectivity index (χ0v) is 16.1. The third-order valence-corrected chi connectivity index (χ3v) is 4.57. The fraction of sp³-hybridized carbons (Fsp3) is 0.0909. The van der Waals surface area contributed by atoms with Crippen LogP contribution in [0, 0.1) is 5.82 Å². The Bertz CT molecular complexity index is 1230. The first kappa shape index (κ1) is 19.3. The van der Waals surface area contributed by atoms with Crippen LogP contribution in [-0.2, 0) is 11.2 Å². The van der Waals surface area contributed by atoms with E-state index in [-0.39, 0.29) is 24.1 Å². The highest BCUT2D eigenvalue weighted by molar-refractivity contribution is 6.00. The van der Waals surface area contributed by atoms with Gasteiger partial charge in [-0.15, -0.1) is 5.10 Å². The van der Waals surface area contributed by atoms with Crippen molar-refractivity contribution in [2.45, 2.75) is 6.42 Å². The Labute approximate surface area is 171 Å². The van der Waals surface area contributed by atoms with Gasteiger partial charge in [0.25, 0.3) is 5.91 Å². The number of rotatable bonds is 5. The van der Waals surface area contributed by atoms with Crippen LogP contribution >= 0.6 is 0 Å². The van der Waals surface area contributed by atoms with Gasteiger partial charge in [0, 0.05) is 25.0 Å². The Hall–Kier alpha value is -4.07. The molecule has 2 aromatic carbocycles. The first-order valence-electron chi connectivity index (χ1n) is 9.25. The molecule has 0 aliphatic carbocycles. The van der Waals surface area contributed by atoms with Crippen LogP contribution in [0.5, 0.6) is 0 Å². The molecule has 2 aromatic heterocycles. The van der Waals surface area contributed by atoms with Crippen molar-refractivity contribution in [3.63, 3.8) is 0 Å². The van der Waals surface area contributed by atoms with Gasteiger partial charge in [0.05, 0.1) is 12.0 Å². The van der Waals surface area contributed by atoms with Crippen LogP contribution in [-0.4, -0.2) is 33.5 Å². The number of hydrogen-bond donors (Lipinski definition) is 2. The predicted molar refractivity (Wildman–Crippen MR) is 111 cm³/mol. The van der Waals surface area contributed by atoms with Crippen LogP contribution < -0.4 is 10.6 Å². The van der Waals surface area contributed by atoms with Gasteiger partial charge in [0.1, 0.15) is 5.82 Å². The molecule has 0 radical (unpaired) electrons. The maximum atomic E-state index is 13.1. The molecule has 4 rings (SSSR count). The number of benzene rings is 2. The van der Waals surface area contributed by atoms with Crippen molar-refractivity contribution >= 4 is 23.3 Å². The van der Waals surface area contributed by atoms with Crippen molar-refractivity contribution in [1.29, 1.82) is 0 Å². The monoisotopic (exact) mass is 403 g/mol. The molecule has 4 aromatic rings. The molecule has 0 saturated heterocycles. The molecule has 0 bridgehead atoms. The van der Waals surface area contributed by atoms with Crippen molar-refractivity contribution in [3.8, 4) is 11.1 Å². The van der Waals surface area contributed by atoms with Gasteiger partial charge < -0.3 is 10.6 Å². The highest BCUT2D eigenvalue weighted by Gasteiger charge is 2.19. The molecule has 2 amide bonds. The number of carbonyl (C=O) groups is 2. The molecule has 0 aliphatic heterocycles. The minimum absolute atomic E-state index is 0.0688. The first-order valence-corrected chi connectivity index (χ1v) is 9.25. The summed E-state index contributed by atoms with van der Waals surface area (Å²) in [5.74, 6) is -0.546. The summed E-state index contributed by atoms with van der Waals surface area (Å²) in [6.07, 6.45) is 3.43. The average Bonchev–Trinajstić information content (AvgIpc) is 3.12. The van der Waals surface area contributed by atoms with Crippen molar-refractivity contribution in [3.05, 3.63) is 83.9 Å². The van der Waals surface area contributed by atoms with E-state index in [9.17, 15) is 14.0 Å². The Kier molecular flexibility index (Phi) is 5.21. The fourth-order valence-corrected chi connectivity index (χ4v) is 3.16. The Balaban J connectivity index is 1.71. The van der Waals surface area contributed by atoms with Crippen molar-refractivity contribution in [2.75, 3.05) is 12.4 Å². The quantitative estimate of drug-likeness (QED) is 0.536. The molecule has 8 heteroatoms. The Morgan fingerprint density at radius 2 is 1.90 bits per heavy atom. The molecule has 7 nitrogen and oxygen atoms in total. The van der Waals surface area contributed by atoms with E-state index in [1.807, 2.05) is 6.07 Å². The molecular formula is C22H18FN5O2. The highest BCUT2D eigenvalue weighted by Crippen LogP contribution is 2.31. The van der Waals surface area contributed by atoms with Gasteiger partial charge in [-0.3, -0.25) is 9.59 Å². The molecule has 0 fully saturated rings. The van der Waals surface area contributed by atoms with Crippen molar-refractivity contribution in [1.82, 2.24) is 19.9 Å². The second-order valence-electron chi connectivity index (χ2n) is 6.62. The van der Waals surface area contributed by atoms with Crippen LogP contribution in [0.3, 0.4) is 0 Å². The van der Waals surface area contributed by atoms with E-state index >= 15 is 0 Å². The van der Waals surface area contributed by atoms with E-state index in [1.54, 1.807) is 60.4 Å². The van der Waals surface area contributed by atoms with Gasteiger partial charge in [-0.25, -0.2) is 13.9 Å². The van der Waals surface area contributed by atoms with Gasteiger partial charge in [-0.2, -0.15) is 0 Å². The van der Waals surface area contributed by atoms with E-state index in [0.29, 0.717) is 33.7 Å². The predicted octanol–water partition coefficient (Wildman–Crippen LogP) is 3.08. The van der Waals surface area contributed by atoms with Crippen LogP contribution in [0.15, 0.2) is 67.0 Å². The highest BCUT2D eigenvalue weighted by atomic mass is 19.1. The van der Waals surface area contributed by atoms with Crippen molar-refractivity contribution < 1.29 is 14.0 Å². The van der Waals surface area contributed by atoms with Gasteiger partial charge in [0.15, 0.2) is 11.5 Å². The largest absolute Gasteiger partial charge is 0.355 e. The lowest BCUT2D eigenvalue weighted by atomic mass is 10.0. The minimum Gasteiger partial charge on any atom is -0.355 e. The molecule has 0 aliphatic rings. The van der Waals surface area contributed by atoms with Crippen LogP contribution in [0.25, 0.3) is 16.8 Å². The second-order valence-corrected chi connectivity index (χ2v) is 6.62. The van der Waals surface area contributed by atoms with Crippen LogP contribution in [0.1, 0.15) is 15.9 Å². The maximum absolute atomic E-state index is 13.1. The van der Waals surface area contributed by atoms with Gasteiger partial charge in [0.2, 0.25) is 5.91 Å². The standard InChI is InChI=1S/C22H18FN5O2/c1-24-22(30)16-5-2-4-15(13-16)19-20(27-28-11-3-10-25-21(19)28)26-18(29)12-14-6-8-17(23)9-7-14/h2-11,13H,12H2,1H3,(H,24,30)(H,26,27,29). The number of hydrogen-bond acceptors (Lipinski definition) is 4. The van der Waals surface area contributed by atoms with E-state index in [1.165, 1.54) is 12.1 Å². The number of fused-ring (bicyclic) bond motifs is 1. The summed E-state index contributed by atoms with van der Waals surface area (Å²) in [5, 5.41) is 9.86. The average molecular weight is 403 g/mol. The Morgan fingerprint density at radius 1 is 1.10 bits per heavy atom. The molecule has 0 spiro atoms. The summed E-state index contributed by atoms with van der Waals surface area (Å²) in [6.45, 7) is 0. The van der Waals surface area contributed by atoms with E-state index < -0.39 is 0 Å². The number of nitrogens with one attached hydrogen (secondary N) is 2. The number of nitrogens with zero attached hydrogens (tertiary/aromatic N) is 3. The number of aromatic nitrogens is 3. The van der Waals surface area contributed by atoms with E-state index in [0.717, 1.165) is 0 Å². The third kappa shape index (κ3) is 3.88. The van der Waals surface area contributed by atoms with Gasteiger partial charge in [-0.05, 0) is 41.5 Å². The maximum Gasteiger partial charge on any atom is 0.251 e. The molecule has 2 N–H and O–H groups in total. The fourth-order valence-electron chi connectivity index (χ4n) is 3.16. The number of halogens is 1. The van der Waals surface area contributed by atoms with Gasteiger partial charge in [-0.1, -0.05) is 24.3 Å². The number of carbonyl (C=O) groups excluding carboxylic acids is 2. The topological polar surface area (TPSA) is 88.4 Å². The first-order chi connectivity index (χ1) is 14.5. The molecular weight excluding hydrogens is 385 g/mol. The molecule has 30 heavy (non-hydrogen) atoms. The summed E-state index contributed by atoms with van der Waals surface area (Å²) in [7, 11) is 1.56. The van der Waals surface area contributed by atoms with Crippen molar-refractivity contribution in [2.24, 2.45) is 0 Å². The van der Waals surface area contributed by atoms with Crippen LogP contribution in [0.2, 0.25) is 0 Å². The molecule has 2 heterocycles. The lowest BCUT2D eigenvalue weighted by Crippen LogP contribution is -2.17. The summed E-state index contributed by atoms with van der Waals surface area (Å²) in [5.41, 5.74) is 3.01. The zero-order chi connectivity index (χ0) is 21.1. The lowest BCUT2D eigenvalue weighted by molar-refractivity contribution is -0.115. The second kappa shape index (κ2) is 8.12. The van der Waals surface area contributed by atoms with Gasteiger partial charge >= 0.3 is 0 Å². The minimum atomic E-state index is -0.358. The number of anilines is 1. The Morgan fingerprint density at radius 3 is 2.67 bits per heavy atom. The summed E-state index contributed by atoms with van der Waals surface area (Å²) >= 11 is 0. The molecule has 0 atom stereocenters. The normalized spacial score (nSPS) is 10.7. The zero-order valence-electron chi connectivity index (χ0n) is 16.1. The molecule has 0 saturated carbocycles. The lowest BCUT2D eigenvalue weighted by Gasteiger charge is -2.07. The van der Waals surface area contributed by atoms with Crippen LogP contribution in [0.4, 0.5) is 10.2 Å². The molecule has 0 unspecified atom stereocenters. The SMILES string of the molecule is CNC(=O)c1cccc(-c2c(NC(=O)Cc3ccc(F)cc3)nn3cccnc23)c1. The summed E-state index contributed by atoms with van der Waals surface area (Å²) in [4.78, 5) is 29.0. The third-order valence-electron chi connectivity index (χ3n) is 4.57. The number of amides is 2. The summed E-state index contributed by atoms with van der Waals surface area (Å²) in [6, 6.07) is 14.5. The van der Waals surface area contributed by atoms with E-state index in [4.69, 9.17) is 0 Å². The molecule has 150 valence electrons. The smallest absolute Gasteiger partial charge is 0.251 e. The summed E-state index contributed by atoms with van der Waals surface area (Å²) < 4.78 is 14.7. The van der Waals surface area contributed by atoms with E-state index in [2.05, 4.69) is 20.7 Å².